The van der Waals surface area contributed by atoms with Crippen LogP contribution < -0.4 is 0 Å². The van der Waals surface area contributed by atoms with E-state index >= 15 is 0 Å². The van der Waals surface area contributed by atoms with E-state index in [-0.39, 0.29) is 24.7 Å². The van der Waals surface area contributed by atoms with Crippen LogP contribution in [0.25, 0.3) is 0 Å². The SMILES string of the molecule is CCCOC(=O)C(CC(C)C)SCCCC(F)(F)C(F)(F)F. The number of hydrogen-bond donors (Lipinski definition) is 0. The summed E-state index contributed by atoms with van der Waals surface area (Å²) in [5, 5.41) is -0.522. The summed E-state index contributed by atoms with van der Waals surface area (Å²) in [5.41, 5.74) is 0. The van der Waals surface area contributed by atoms with Crippen LogP contribution in [0.4, 0.5) is 22.0 Å². The zero-order valence-corrected chi connectivity index (χ0v) is 13.8. The van der Waals surface area contributed by atoms with Crippen LogP contribution >= 0.6 is 11.8 Å². The number of hydrogen-bond acceptors (Lipinski definition) is 3. The normalized spacial score (nSPS) is 14.2. The van der Waals surface area contributed by atoms with Gasteiger partial charge in [-0.25, -0.2) is 0 Å². The van der Waals surface area contributed by atoms with Gasteiger partial charge in [-0.15, -0.1) is 11.8 Å². The van der Waals surface area contributed by atoms with Crippen molar-refractivity contribution >= 4 is 17.7 Å². The third kappa shape index (κ3) is 8.19. The molecule has 0 aromatic heterocycles. The lowest BCUT2D eigenvalue weighted by atomic mass is 10.1. The Morgan fingerprint density at radius 1 is 1.18 bits per heavy atom. The highest BCUT2D eigenvalue weighted by Crippen LogP contribution is 2.39. The van der Waals surface area contributed by atoms with Crippen LogP contribution in [0, 0.1) is 5.92 Å². The molecule has 0 spiro atoms. The highest BCUT2D eigenvalue weighted by atomic mass is 32.2. The van der Waals surface area contributed by atoms with E-state index in [4.69, 9.17) is 4.74 Å². The first-order valence-electron chi connectivity index (χ1n) is 7.24. The summed E-state index contributed by atoms with van der Waals surface area (Å²) in [7, 11) is 0. The van der Waals surface area contributed by atoms with Crippen LogP contribution in [-0.4, -0.2) is 35.7 Å². The van der Waals surface area contributed by atoms with Crippen LogP contribution in [0.15, 0.2) is 0 Å². The van der Waals surface area contributed by atoms with E-state index < -0.39 is 29.7 Å². The summed E-state index contributed by atoms with van der Waals surface area (Å²) < 4.78 is 66.6. The van der Waals surface area contributed by atoms with Crippen molar-refractivity contribution in [3.8, 4) is 0 Å². The molecule has 0 rings (SSSR count). The number of alkyl halides is 5. The minimum atomic E-state index is -5.52. The van der Waals surface area contributed by atoms with Gasteiger partial charge in [0.15, 0.2) is 0 Å². The topological polar surface area (TPSA) is 26.3 Å². The molecule has 22 heavy (non-hydrogen) atoms. The lowest BCUT2D eigenvalue weighted by molar-refractivity contribution is -0.284. The van der Waals surface area contributed by atoms with Crippen LogP contribution in [0.5, 0.6) is 0 Å². The van der Waals surface area contributed by atoms with E-state index in [9.17, 15) is 26.7 Å². The van der Waals surface area contributed by atoms with Gasteiger partial charge in [0.2, 0.25) is 0 Å². The molecule has 0 radical (unpaired) electrons. The van der Waals surface area contributed by atoms with Gasteiger partial charge in [0.1, 0.15) is 5.25 Å². The Balaban J connectivity index is 4.32. The fourth-order valence-electron chi connectivity index (χ4n) is 1.62. The van der Waals surface area contributed by atoms with E-state index in [1.165, 1.54) is 0 Å². The Morgan fingerprint density at radius 3 is 2.23 bits per heavy atom. The summed E-state index contributed by atoms with van der Waals surface area (Å²) in [5.74, 6) is -4.85. The molecule has 0 aromatic rings. The molecular formula is C14H23F5O2S. The number of carbonyl (C=O) groups excluding carboxylic acids is 1. The molecule has 0 aromatic carbocycles. The van der Waals surface area contributed by atoms with Crippen LogP contribution in [0.2, 0.25) is 0 Å². The Labute approximate surface area is 132 Å². The molecule has 1 atom stereocenters. The second-order valence-electron chi connectivity index (χ2n) is 5.46. The Hall–Kier alpha value is -0.530. The van der Waals surface area contributed by atoms with E-state index in [0.29, 0.717) is 12.8 Å². The smallest absolute Gasteiger partial charge is 0.453 e. The van der Waals surface area contributed by atoms with Gasteiger partial charge in [0, 0.05) is 6.42 Å². The van der Waals surface area contributed by atoms with Crippen molar-refractivity contribution in [2.75, 3.05) is 12.4 Å². The van der Waals surface area contributed by atoms with E-state index in [1.807, 2.05) is 20.8 Å². The summed E-state index contributed by atoms with van der Waals surface area (Å²) in [4.78, 5) is 11.8. The number of esters is 1. The first-order valence-corrected chi connectivity index (χ1v) is 8.29. The second kappa shape index (κ2) is 9.57. The molecule has 0 N–H and O–H groups in total. The second-order valence-corrected chi connectivity index (χ2v) is 6.77. The Kier molecular flexibility index (Phi) is 9.34. The van der Waals surface area contributed by atoms with E-state index in [1.54, 1.807) is 0 Å². The van der Waals surface area contributed by atoms with Crippen LogP contribution in [-0.2, 0) is 9.53 Å². The predicted molar refractivity (Wildman–Crippen MR) is 77.2 cm³/mol. The van der Waals surface area contributed by atoms with E-state index in [2.05, 4.69) is 0 Å². The molecule has 0 aliphatic carbocycles. The van der Waals surface area contributed by atoms with Gasteiger partial charge >= 0.3 is 18.1 Å². The third-order valence-corrected chi connectivity index (χ3v) is 4.08. The molecule has 0 fully saturated rings. The lowest BCUT2D eigenvalue weighted by Crippen LogP contribution is -2.36. The molecule has 8 heteroatoms. The maximum absolute atomic E-state index is 12.8. The van der Waals surface area contributed by atoms with Crippen LogP contribution in [0.3, 0.4) is 0 Å². The largest absolute Gasteiger partial charge is 0.465 e. The van der Waals surface area contributed by atoms with Gasteiger partial charge in [-0.2, -0.15) is 22.0 Å². The maximum Gasteiger partial charge on any atom is 0.453 e. The lowest BCUT2D eigenvalue weighted by Gasteiger charge is -2.20. The molecule has 0 saturated heterocycles. The monoisotopic (exact) mass is 350 g/mol. The molecule has 1 unspecified atom stereocenters. The summed E-state index contributed by atoms with van der Waals surface area (Å²) in [6.45, 7) is 5.92. The Morgan fingerprint density at radius 2 is 1.77 bits per heavy atom. The van der Waals surface area contributed by atoms with Crippen molar-refractivity contribution in [3.05, 3.63) is 0 Å². The molecule has 0 bridgehead atoms. The van der Waals surface area contributed by atoms with Crippen molar-refractivity contribution in [3.63, 3.8) is 0 Å². The van der Waals surface area contributed by atoms with Crippen molar-refractivity contribution in [2.24, 2.45) is 5.92 Å². The fraction of sp³-hybridized carbons (Fsp3) is 0.929. The molecule has 0 saturated carbocycles. The van der Waals surface area contributed by atoms with Crippen molar-refractivity contribution in [2.45, 2.75) is 63.8 Å². The summed E-state index contributed by atoms with van der Waals surface area (Å²) in [6, 6.07) is 0. The molecule has 132 valence electrons. The zero-order valence-electron chi connectivity index (χ0n) is 13.0. The number of ether oxygens (including phenoxy) is 1. The highest BCUT2D eigenvalue weighted by Gasteiger charge is 2.56. The number of carbonyl (C=O) groups is 1. The quantitative estimate of drug-likeness (QED) is 0.313. The third-order valence-electron chi connectivity index (χ3n) is 2.77. The van der Waals surface area contributed by atoms with Gasteiger partial charge in [-0.05, 0) is 30.9 Å². The molecular weight excluding hydrogens is 327 g/mol. The summed E-state index contributed by atoms with van der Waals surface area (Å²) in [6.07, 6.45) is -5.92. The summed E-state index contributed by atoms with van der Waals surface area (Å²) >= 11 is 1.08. The molecule has 2 nitrogen and oxygen atoms in total. The highest BCUT2D eigenvalue weighted by molar-refractivity contribution is 8.00. The Bertz CT molecular complexity index is 332. The fourth-order valence-corrected chi connectivity index (χ4v) is 2.94. The number of thioether (sulfide) groups is 1. The van der Waals surface area contributed by atoms with Gasteiger partial charge in [-0.1, -0.05) is 20.8 Å². The average molecular weight is 350 g/mol. The minimum absolute atomic E-state index is 0.0598. The van der Waals surface area contributed by atoms with E-state index in [0.717, 1.165) is 11.8 Å². The van der Waals surface area contributed by atoms with Gasteiger partial charge in [0.05, 0.1) is 6.61 Å². The first kappa shape index (κ1) is 21.5. The average Bonchev–Trinajstić information content (AvgIpc) is 2.37. The standard InChI is InChI=1S/C14H23F5O2S/c1-4-7-21-12(20)11(9-10(2)3)22-8-5-6-13(15,16)14(17,18)19/h10-11H,4-9H2,1-3H3. The predicted octanol–water partition coefficient (Wildman–Crippen LogP) is 5.07. The first-order chi connectivity index (χ1) is 10.0. The van der Waals surface area contributed by atoms with Gasteiger partial charge < -0.3 is 4.74 Å². The van der Waals surface area contributed by atoms with Gasteiger partial charge in [-0.3, -0.25) is 4.79 Å². The number of halogens is 5. The van der Waals surface area contributed by atoms with Crippen LogP contribution in [0.1, 0.15) is 46.5 Å². The van der Waals surface area contributed by atoms with Crippen molar-refractivity contribution in [1.29, 1.82) is 0 Å². The molecule has 0 amide bonds. The minimum Gasteiger partial charge on any atom is -0.465 e. The maximum atomic E-state index is 12.8. The zero-order chi connectivity index (χ0) is 17.4. The molecule has 0 aliphatic rings. The molecule has 0 heterocycles. The van der Waals surface area contributed by atoms with Crippen molar-refractivity contribution in [1.82, 2.24) is 0 Å². The van der Waals surface area contributed by atoms with Crippen molar-refractivity contribution < 1.29 is 31.5 Å². The number of rotatable bonds is 10. The van der Waals surface area contributed by atoms with Gasteiger partial charge in [0.25, 0.3) is 0 Å². The molecule has 0 aliphatic heterocycles.